The van der Waals surface area contributed by atoms with Crippen molar-refractivity contribution in [1.82, 2.24) is 23.6 Å². The minimum absolute atomic E-state index is 0.0401. The third-order valence-corrected chi connectivity index (χ3v) is 8.36. The normalized spacial score (nSPS) is 19.7. The van der Waals surface area contributed by atoms with E-state index in [2.05, 4.69) is 22.1 Å². The first kappa shape index (κ1) is 23.2. The van der Waals surface area contributed by atoms with Gasteiger partial charge in [0.1, 0.15) is 5.82 Å². The van der Waals surface area contributed by atoms with E-state index in [1.54, 1.807) is 49.5 Å². The summed E-state index contributed by atoms with van der Waals surface area (Å²) >= 11 is 0. The summed E-state index contributed by atoms with van der Waals surface area (Å²) < 4.78 is 34.9. The molecule has 182 valence electrons. The molecule has 0 amide bonds. The highest BCUT2D eigenvalue weighted by Gasteiger charge is 2.35. The third kappa shape index (κ3) is 4.01. The summed E-state index contributed by atoms with van der Waals surface area (Å²) in [6.45, 7) is 6.16. The van der Waals surface area contributed by atoms with Gasteiger partial charge in [-0.1, -0.05) is 36.6 Å². The number of carbonyl (C=O) groups excluding carboxylic acids is 1. The molecule has 2 atom stereocenters. The van der Waals surface area contributed by atoms with E-state index in [4.69, 9.17) is 4.74 Å². The number of aryl methyl sites for hydroxylation is 1. The van der Waals surface area contributed by atoms with Gasteiger partial charge in [-0.05, 0) is 50.8 Å². The number of fused-ring (bicyclic) bond motifs is 3. The van der Waals surface area contributed by atoms with Crippen LogP contribution in [0.4, 0.5) is 0 Å². The van der Waals surface area contributed by atoms with Crippen molar-refractivity contribution < 1.29 is 17.9 Å². The zero-order valence-electron chi connectivity index (χ0n) is 19.9. The average molecular weight is 494 g/mol. The first-order chi connectivity index (χ1) is 16.8. The van der Waals surface area contributed by atoms with Crippen molar-refractivity contribution >= 4 is 32.8 Å². The Bertz CT molecular complexity index is 1550. The Morgan fingerprint density at radius 3 is 2.63 bits per heavy atom. The molecular formula is C25H27N5O4S. The monoisotopic (exact) mass is 493 g/mol. The number of allylic oxidation sites excluding steroid dienone is 1. The van der Waals surface area contributed by atoms with Gasteiger partial charge in [-0.3, -0.25) is 4.40 Å². The number of hydrogen-bond acceptors (Lipinski definition) is 7. The van der Waals surface area contributed by atoms with E-state index in [1.165, 1.54) is 10.2 Å². The number of benzene rings is 1. The largest absolute Gasteiger partial charge is 0.463 e. The van der Waals surface area contributed by atoms with Gasteiger partial charge >= 0.3 is 5.97 Å². The molecule has 1 aliphatic carbocycles. The topological polar surface area (TPSA) is 108 Å². The van der Waals surface area contributed by atoms with E-state index >= 15 is 0 Å². The lowest BCUT2D eigenvalue weighted by Crippen LogP contribution is -2.13. The maximum atomic E-state index is 13.4. The second kappa shape index (κ2) is 8.92. The molecule has 1 aromatic carbocycles. The molecule has 0 spiro atoms. The highest BCUT2D eigenvalue weighted by atomic mass is 32.2. The third-order valence-electron chi connectivity index (χ3n) is 6.68. The Morgan fingerprint density at radius 1 is 1.14 bits per heavy atom. The number of nitrogens with zero attached hydrogens (tertiary/aromatic N) is 5. The van der Waals surface area contributed by atoms with Gasteiger partial charge in [0.2, 0.25) is 0 Å². The molecule has 0 bridgehead atoms. The number of rotatable bonds is 6. The second-order valence-electron chi connectivity index (χ2n) is 8.89. The van der Waals surface area contributed by atoms with Crippen LogP contribution in [0.5, 0.6) is 0 Å². The molecular weight excluding hydrogens is 466 g/mol. The fourth-order valence-electron chi connectivity index (χ4n) is 4.92. The van der Waals surface area contributed by atoms with Crippen LogP contribution < -0.4 is 0 Å². The smallest absolute Gasteiger partial charge is 0.330 e. The summed E-state index contributed by atoms with van der Waals surface area (Å²) in [5, 5.41) is 8.80. The van der Waals surface area contributed by atoms with E-state index in [9.17, 15) is 13.2 Å². The summed E-state index contributed by atoms with van der Waals surface area (Å²) in [4.78, 5) is 16.6. The predicted octanol–water partition coefficient (Wildman–Crippen LogP) is 4.02. The van der Waals surface area contributed by atoms with Crippen molar-refractivity contribution in [3.63, 3.8) is 0 Å². The van der Waals surface area contributed by atoms with Crippen LogP contribution in [-0.2, 0) is 19.6 Å². The average Bonchev–Trinajstić information content (AvgIpc) is 3.55. The van der Waals surface area contributed by atoms with Gasteiger partial charge in [-0.25, -0.2) is 22.2 Å². The van der Waals surface area contributed by atoms with Crippen LogP contribution in [-0.4, -0.2) is 44.5 Å². The van der Waals surface area contributed by atoms with Gasteiger partial charge in [0.05, 0.1) is 23.2 Å². The molecule has 0 radical (unpaired) electrons. The molecule has 2 unspecified atom stereocenters. The van der Waals surface area contributed by atoms with Gasteiger partial charge in [-0.2, -0.15) is 0 Å². The number of carbonyl (C=O) groups is 1. The molecule has 5 rings (SSSR count). The van der Waals surface area contributed by atoms with Crippen LogP contribution in [0.1, 0.15) is 50.4 Å². The number of aromatic nitrogens is 5. The first-order valence-electron chi connectivity index (χ1n) is 11.7. The molecule has 35 heavy (non-hydrogen) atoms. The highest BCUT2D eigenvalue weighted by molar-refractivity contribution is 7.90. The zero-order chi connectivity index (χ0) is 24.7. The van der Waals surface area contributed by atoms with Crippen LogP contribution in [0.2, 0.25) is 0 Å². The van der Waals surface area contributed by atoms with Crippen LogP contribution in [0.25, 0.3) is 16.8 Å². The van der Waals surface area contributed by atoms with Crippen LogP contribution >= 0.6 is 0 Å². The van der Waals surface area contributed by atoms with E-state index in [-0.39, 0.29) is 22.7 Å². The molecule has 0 aliphatic heterocycles. The standard InChI is InChI=1S/C25H27N5O4S/c1-4-18-12-17(14-23(31)34-5-2)13-20(18)24-28-27-22-15-26-25-21(30(22)24)10-11-29(25)35(32,33)19-8-6-16(3)7-9-19/h6-11,14-15,18,20H,4-5,12-13H2,1-3H3. The Hall–Kier alpha value is -3.53. The summed E-state index contributed by atoms with van der Waals surface area (Å²) in [6.07, 6.45) is 7.03. The number of esters is 1. The van der Waals surface area contributed by atoms with Crippen molar-refractivity contribution in [1.29, 1.82) is 0 Å². The van der Waals surface area contributed by atoms with Gasteiger partial charge in [0.25, 0.3) is 10.0 Å². The molecule has 0 N–H and O–H groups in total. The van der Waals surface area contributed by atoms with Crippen LogP contribution in [0, 0.1) is 12.8 Å². The van der Waals surface area contributed by atoms with Gasteiger partial charge < -0.3 is 4.74 Å². The molecule has 1 fully saturated rings. The second-order valence-corrected chi connectivity index (χ2v) is 10.7. The summed E-state index contributed by atoms with van der Waals surface area (Å²) in [5.41, 5.74) is 3.49. The van der Waals surface area contributed by atoms with Gasteiger partial charge in [-0.15, -0.1) is 10.2 Å². The Balaban J connectivity index is 1.60. The van der Waals surface area contributed by atoms with Crippen molar-refractivity contribution in [2.24, 2.45) is 5.92 Å². The van der Waals surface area contributed by atoms with E-state index in [0.29, 0.717) is 29.8 Å². The first-order valence-corrected chi connectivity index (χ1v) is 13.2. The lowest BCUT2D eigenvalue weighted by Gasteiger charge is -2.16. The van der Waals surface area contributed by atoms with Gasteiger partial charge in [0.15, 0.2) is 11.3 Å². The summed E-state index contributed by atoms with van der Waals surface area (Å²) in [6, 6.07) is 8.48. The SMILES string of the molecule is CCOC(=O)C=C1CC(CC)C(c2nnc3cnc4c(ccn4S(=O)(=O)c4ccc(C)cc4)n23)C1. The van der Waals surface area contributed by atoms with E-state index < -0.39 is 10.0 Å². The maximum Gasteiger partial charge on any atom is 0.330 e. The van der Waals surface area contributed by atoms with Crippen molar-refractivity contribution in [3.05, 3.63) is 65.8 Å². The van der Waals surface area contributed by atoms with Gasteiger partial charge in [0, 0.05) is 18.2 Å². The molecule has 3 aromatic heterocycles. The number of ether oxygens (including phenoxy) is 1. The van der Waals surface area contributed by atoms with Crippen LogP contribution in [0.15, 0.2) is 59.3 Å². The quantitative estimate of drug-likeness (QED) is 0.295. The molecule has 10 heteroatoms. The minimum atomic E-state index is -3.83. The lowest BCUT2D eigenvalue weighted by atomic mass is 9.93. The zero-order valence-corrected chi connectivity index (χ0v) is 20.7. The predicted molar refractivity (Wildman–Crippen MR) is 131 cm³/mol. The highest BCUT2D eigenvalue weighted by Crippen LogP contribution is 2.44. The van der Waals surface area contributed by atoms with Crippen LogP contribution in [0.3, 0.4) is 0 Å². The molecule has 0 saturated heterocycles. The van der Waals surface area contributed by atoms with Crippen molar-refractivity contribution in [3.8, 4) is 0 Å². The summed E-state index contributed by atoms with van der Waals surface area (Å²) in [5.74, 6) is 0.745. The fraction of sp³-hybridized carbons (Fsp3) is 0.360. The Morgan fingerprint density at radius 2 is 1.91 bits per heavy atom. The molecule has 1 aliphatic rings. The summed E-state index contributed by atoms with van der Waals surface area (Å²) in [7, 11) is -3.83. The van der Waals surface area contributed by atoms with Crippen molar-refractivity contribution in [2.75, 3.05) is 6.61 Å². The fourth-order valence-corrected chi connectivity index (χ4v) is 6.22. The molecule has 3 heterocycles. The van der Waals surface area contributed by atoms with Crippen molar-refractivity contribution in [2.45, 2.75) is 50.8 Å². The van der Waals surface area contributed by atoms with E-state index in [0.717, 1.165) is 29.8 Å². The number of hydrogen-bond donors (Lipinski definition) is 0. The molecule has 4 aromatic rings. The van der Waals surface area contributed by atoms with E-state index in [1.807, 2.05) is 11.3 Å². The lowest BCUT2D eigenvalue weighted by molar-refractivity contribution is -0.137. The Kier molecular flexibility index (Phi) is 5.92. The Labute approximate surface area is 203 Å². The molecule has 1 saturated carbocycles. The molecule has 9 nitrogen and oxygen atoms in total. The maximum absolute atomic E-state index is 13.4. The minimum Gasteiger partial charge on any atom is -0.463 e.